The fraction of sp³-hybridized carbons (Fsp3) is 0.105. The third kappa shape index (κ3) is 4.79. The summed E-state index contributed by atoms with van der Waals surface area (Å²) in [6.07, 6.45) is 0. The van der Waals surface area contributed by atoms with Crippen molar-refractivity contribution in [3.63, 3.8) is 0 Å². The van der Waals surface area contributed by atoms with Crippen LogP contribution in [0.25, 0.3) is 0 Å². The van der Waals surface area contributed by atoms with E-state index < -0.39 is 6.03 Å². The highest BCUT2D eigenvalue weighted by Gasteiger charge is 2.18. The predicted molar refractivity (Wildman–Crippen MR) is 112 cm³/mol. The van der Waals surface area contributed by atoms with Gasteiger partial charge in [-0.15, -0.1) is 0 Å². The number of anilines is 3. The second-order valence-corrected chi connectivity index (χ2v) is 7.11. The van der Waals surface area contributed by atoms with E-state index >= 15 is 0 Å². The maximum absolute atomic E-state index is 12.6. The lowest BCUT2D eigenvalue weighted by Crippen LogP contribution is -2.19. The lowest BCUT2D eigenvalue weighted by molar-refractivity contribution is 0.102. The largest absolute Gasteiger partial charge is 0.495 e. The Morgan fingerprint density at radius 2 is 1.82 bits per heavy atom. The molecule has 0 unspecified atom stereocenters. The summed E-state index contributed by atoms with van der Waals surface area (Å²) in [5.41, 5.74) is 1.60. The molecule has 0 saturated carbocycles. The number of benzene rings is 2. The summed E-state index contributed by atoms with van der Waals surface area (Å²) >= 11 is 7.07. The Morgan fingerprint density at radius 1 is 1.07 bits per heavy atom. The van der Waals surface area contributed by atoms with Gasteiger partial charge in [0.05, 0.1) is 18.5 Å². The monoisotopic (exact) mass is 416 g/mol. The van der Waals surface area contributed by atoms with E-state index in [0.29, 0.717) is 37.8 Å². The first-order valence-corrected chi connectivity index (χ1v) is 9.41. The van der Waals surface area contributed by atoms with Gasteiger partial charge < -0.3 is 15.4 Å². The molecule has 0 fully saturated rings. The lowest BCUT2D eigenvalue weighted by atomic mass is 10.2. The number of amides is 3. The molecule has 3 rings (SSSR count). The Labute approximate surface area is 170 Å². The maximum Gasteiger partial charge on any atom is 0.325 e. The summed E-state index contributed by atoms with van der Waals surface area (Å²) in [7, 11) is 1.50. The van der Waals surface area contributed by atoms with Gasteiger partial charge >= 0.3 is 6.03 Å². The van der Waals surface area contributed by atoms with Crippen LogP contribution < -0.4 is 20.7 Å². The van der Waals surface area contributed by atoms with Crippen molar-refractivity contribution >= 4 is 51.4 Å². The molecule has 144 valence electrons. The number of para-hydroxylation sites is 1. The molecule has 28 heavy (non-hydrogen) atoms. The Bertz CT molecular complexity index is 1010. The van der Waals surface area contributed by atoms with Crippen molar-refractivity contribution in [1.29, 1.82) is 0 Å². The number of aromatic nitrogens is 1. The van der Waals surface area contributed by atoms with Crippen LogP contribution in [0.4, 0.5) is 21.3 Å². The molecule has 3 aromatic rings. The summed E-state index contributed by atoms with van der Waals surface area (Å²) in [5, 5.41) is 8.87. The molecular weight excluding hydrogens is 400 g/mol. The van der Waals surface area contributed by atoms with Gasteiger partial charge in [-0.3, -0.25) is 10.1 Å². The van der Waals surface area contributed by atoms with Crippen LogP contribution in [0, 0.1) is 6.92 Å². The maximum atomic E-state index is 12.6. The topological polar surface area (TPSA) is 92.4 Å². The van der Waals surface area contributed by atoms with Gasteiger partial charge in [-0.25, -0.2) is 9.78 Å². The second kappa shape index (κ2) is 8.73. The Balaban J connectivity index is 1.70. The van der Waals surface area contributed by atoms with Gasteiger partial charge in [-0.2, -0.15) is 0 Å². The highest BCUT2D eigenvalue weighted by atomic mass is 35.5. The number of halogens is 1. The molecule has 0 aliphatic carbocycles. The minimum atomic E-state index is -0.441. The molecule has 1 aromatic heterocycles. The molecule has 3 N–H and O–H groups in total. The summed E-state index contributed by atoms with van der Waals surface area (Å²) in [4.78, 5) is 29.3. The highest BCUT2D eigenvalue weighted by molar-refractivity contribution is 7.17. The van der Waals surface area contributed by atoms with Crippen molar-refractivity contribution in [2.75, 3.05) is 23.1 Å². The van der Waals surface area contributed by atoms with Crippen molar-refractivity contribution in [2.45, 2.75) is 6.92 Å². The first kappa shape index (κ1) is 19.7. The van der Waals surface area contributed by atoms with E-state index in [1.54, 1.807) is 37.3 Å². The van der Waals surface area contributed by atoms with Crippen LogP contribution in [0.5, 0.6) is 5.75 Å². The average Bonchev–Trinajstić information content (AvgIpc) is 3.02. The number of methoxy groups -OCH3 is 1. The lowest BCUT2D eigenvalue weighted by Gasteiger charge is -2.09. The normalized spacial score (nSPS) is 10.2. The third-order valence-corrected chi connectivity index (χ3v) is 4.97. The summed E-state index contributed by atoms with van der Waals surface area (Å²) < 4.78 is 5.23. The van der Waals surface area contributed by atoms with Gasteiger partial charge in [-0.1, -0.05) is 41.1 Å². The van der Waals surface area contributed by atoms with E-state index in [1.807, 2.05) is 18.2 Å². The number of carbonyl (C=O) groups excluding carboxylic acids is 2. The van der Waals surface area contributed by atoms with Gasteiger partial charge in [0.2, 0.25) is 0 Å². The molecule has 0 spiro atoms. The van der Waals surface area contributed by atoms with E-state index in [-0.39, 0.29) is 5.91 Å². The van der Waals surface area contributed by atoms with Crippen molar-refractivity contribution in [1.82, 2.24) is 4.98 Å². The van der Waals surface area contributed by atoms with E-state index in [1.165, 1.54) is 7.11 Å². The zero-order valence-electron chi connectivity index (χ0n) is 15.1. The summed E-state index contributed by atoms with van der Waals surface area (Å²) in [5.74, 6) is 0.118. The van der Waals surface area contributed by atoms with Crippen LogP contribution in [0.3, 0.4) is 0 Å². The van der Waals surface area contributed by atoms with Crippen molar-refractivity contribution in [3.05, 3.63) is 64.1 Å². The number of ether oxygens (including phenoxy) is 1. The zero-order chi connectivity index (χ0) is 20.1. The number of thiazole rings is 1. The predicted octanol–water partition coefficient (Wildman–Crippen LogP) is 5.01. The standard InChI is InChI=1S/C19H17ClN4O3S/c1-11-16(17(25)23-14-10-12(20)8-9-15(14)27-2)28-19(21-11)24-18(26)22-13-6-4-3-5-7-13/h3-10H,1-2H3,(H,23,25)(H2,21,22,24,26). The van der Waals surface area contributed by atoms with Crippen molar-refractivity contribution < 1.29 is 14.3 Å². The van der Waals surface area contributed by atoms with Crippen LogP contribution in [0.15, 0.2) is 48.5 Å². The minimum absolute atomic E-state index is 0.314. The van der Waals surface area contributed by atoms with Gasteiger partial charge in [0.25, 0.3) is 5.91 Å². The molecule has 3 amide bonds. The van der Waals surface area contributed by atoms with Crippen LogP contribution in [-0.4, -0.2) is 24.0 Å². The molecule has 0 aliphatic rings. The number of urea groups is 1. The van der Waals surface area contributed by atoms with Crippen LogP contribution in [0.1, 0.15) is 15.4 Å². The van der Waals surface area contributed by atoms with Gasteiger partial charge in [0.15, 0.2) is 5.13 Å². The first-order chi connectivity index (χ1) is 13.5. The molecule has 0 radical (unpaired) electrons. The number of hydrogen-bond donors (Lipinski definition) is 3. The van der Waals surface area contributed by atoms with Gasteiger partial charge in [0.1, 0.15) is 10.6 Å². The second-order valence-electron chi connectivity index (χ2n) is 5.68. The van der Waals surface area contributed by atoms with Crippen LogP contribution >= 0.6 is 22.9 Å². The molecule has 7 nitrogen and oxygen atoms in total. The van der Waals surface area contributed by atoms with Crippen molar-refractivity contribution in [3.8, 4) is 5.75 Å². The van der Waals surface area contributed by atoms with E-state index in [2.05, 4.69) is 20.9 Å². The van der Waals surface area contributed by atoms with E-state index in [9.17, 15) is 9.59 Å². The number of carbonyl (C=O) groups is 2. The highest BCUT2D eigenvalue weighted by Crippen LogP contribution is 2.30. The quantitative estimate of drug-likeness (QED) is 0.545. The first-order valence-electron chi connectivity index (χ1n) is 8.21. The number of hydrogen-bond acceptors (Lipinski definition) is 5. The molecule has 0 aliphatic heterocycles. The molecular formula is C19H17ClN4O3S. The molecule has 0 saturated heterocycles. The van der Waals surface area contributed by atoms with Gasteiger partial charge in [-0.05, 0) is 37.3 Å². The zero-order valence-corrected chi connectivity index (χ0v) is 16.6. The number of rotatable bonds is 5. The Morgan fingerprint density at radius 3 is 2.54 bits per heavy atom. The van der Waals surface area contributed by atoms with E-state index in [0.717, 1.165) is 11.3 Å². The molecule has 0 bridgehead atoms. The minimum Gasteiger partial charge on any atom is -0.495 e. The third-order valence-electron chi connectivity index (χ3n) is 3.66. The number of aryl methyl sites for hydroxylation is 1. The smallest absolute Gasteiger partial charge is 0.325 e. The summed E-state index contributed by atoms with van der Waals surface area (Å²) in [6, 6.07) is 13.5. The number of nitrogens with zero attached hydrogens (tertiary/aromatic N) is 1. The molecule has 9 heteroatoms. The number of nitrogens with one attached hydrogen (secondary N) is 3. The SMILES string of the molecule is COc1ccc(Cl)cc1NC(=O)c1sc(NC(=O)Nc2ccccc2)nc1C. The fourth-order valence-corrected chi connectivity index (χ4v) is 3.43. The van der Waals surface area contributed by atoms with Gasteiger partial charge in [0, 0.05) is 10.7 Å². The Hall–Kier alpha value is -3.10. The average molecular weight is 417 g/mol. The van der Waals surface area contributed by atoms with Crippen LogP contribution in [0.2, 0.25) is 5.02 Å². The Kier molecular flexibility index (Phi) is 6.13. The fourth-order valence-electron chi connectivity index (χ4n) is 2.40. The molecule has 1 heterocycles. The van der Waals surface area contributed by atoms with Crippen LogP contribution in [-0.2, 0) is 0 Å². The van der Waals surface area contributed by atoms with E-state index in [4.69, 9.17) is 16.3 Å². The van der Waals surface area contributed by atoms with Crippen molar-refractivity contribution in [2.24, 2.45) is 0 Å². The molecule has 2 aromatic carbocycles. The molecule has 0 atom stereocenters. The summed E-state index contributed by atoms with van der Waals surface area (Å²) in [6.45, 7) is 1.70.